The number of unbranched alkanes of at least 4 members (excludes halogenated alkanes) is 1. The quantitative estimate of drug-likeness (QED) is 0.834. The number of aromatic nitrogens is 2. The summed E-state index contributed by atoms with van der Waals surface area (Å²) in [6.45, 7) is 2.04. The van der Waals surface area contributed by atoms with Crippen LogP contribution in [-0.4, -0.2) is 27.1 Å². The van der Waals surface area contributed by atoms with Gasteiger partial charge in [-0.1, -0.05) is 31.9 Å². The van der Waals surface area contributed by atoms with E-state index in [0.717, 1.165) is 23.7 Å². The van der Waals surface area contributed by atoms with E-state index in [9.17, 15) is 9.90 Å². The van der Waals surface area contributed by atoms with E-state index in [2.05, 4.69) is 15.3 Å². The molecule has 0 bridgehead atoms. The molecule has 19 heavy (non-hydrogen) atoms. The van der Waals surface area contributed by atoms with Crippen LogP contribution in [0.25, 0.3) is 10.9 Å². The molecule has 2 rings (SSSR count). The van der Waals surface area contributed by atoms with Crippen molar-refractivity contribution in [1.29, 1.82) is 0 Å². The molecule has 1 aromatic carbocycles. The van der Waals surface area contributed by atoms with Crippen LogP contribution in [0.4, 0.5) is 5.82 Å². The van der Waals surface area contributed by atoms with Gasteiger partial charge in [0.05, 0.1) is 5.52 Å². The predicted molar refractivity (Wildman–Crippen MR) is 74.1 cm³/mol. The molecule has 1 aromatic heterocycles. The number of anilines is 1. The number of rotatable bonds is 6. The third kappa shape index (κ3) is 3.19. The Morgan fingerprint density at radius 3 is 2.89 bits per heavy atom. The summed E-state index contributed by atoms with van der Waals surface area (Å²) in [5.41, 5.74) is 0.805. The first-order valence-electron chi connectivity index (χ1n) is 6.41. The van der Waals surface area contributed by atoms with Crippen molar-refractivity contribution in [1.82, 2.24) is 9.97 Å². The maximum Gasteiger partial charge on any atom is 0.326 e. The molecule has 0 aliphatic rings. The van der Waals surface area contributed by atoms with Crippen molar-refractivity contribution in [2.75, 3.05) is 5.32 Å². The molecule has 1 heterocycles. The van der Waals surface area contributed by atoms with Crippen molar-refractivity contribution in [2.24, 2.45) is 0 Å². The Balaban J connectivity index is 2.26. The lowest BCUT2D eigenvalue weighted by Gasteiger charge is -2.15. The molecule has 0 saturated carbocycles. The molecule has 5 nitrogen and oxygen atoms in total. The van der Waals surface area contributed by atoms with Gasteiger partial charge in [-0.25, -0.2) is 14.8 Å². The molecule has 0 saturated heterocycles. The van der Waals surface area contributed by atoms with Crippen molar-refractivity contribution in [2.45, 2.75) is 32.2 Å². The number of aliphatic carboxylic acids is 1. The summed E-state index contributed by atoms with van der Waals surface area (Å²) in [5, 5.41) is 13.1. The molecular weight excluding hydrogens is 242 g/mol. The minimum Gasteiger partial charge on any atom is -0.480 e. The lowest BCUT2D eigenvalue weighted by molar-refractivity contribution is -0.138. The van der Waals surface area contributed by atoms with E-state index < -0.39 is 12.0 Å². The maximum absolute atomic E-state index is 11.2. The Morgan fingerprint density at radius 2 is 2.16 bits per heavy atom. The van der Waals surface area contributed by atoms with Gasteiger partial charge in [-0.3, -0.25) is 0 Å². The third-order valence-corrected chi connectivity index (χ3v) is 3.00. The fourth-order valence-electron chi connectivity index (χ4n) is 1.95. The van der Waals surface area contributed by atoms with Crippen molar-refractivity contribution in [3.05, 3.63) is 30.6 Å². The number of benzene rings is 1. The smallest absolute Gasteiger partial charge is 0.326 e. The number of hydrogen-bond acceptors (Lipinski definition) is 4. The second-order valence-corrected chi connectivity index (χ2v) is 4.42. The molecule has 0 aliphatic carbocycles. The number of para-hydroxylation sites is 1. The van der Waals surface area contributed by atoms with Crippen LogP contribution in [0, 0.1) is 0 Å². The molecule has 0 spiro atoms. The van der Waals surface area contributed by atoms with Gasteiger partial charge in [0.15, 0.2) is 0 Å². The number of carbonyl (C=O) groups is 1. The summed E-state index contributed by atoms with van der Waals surface area (Å²) >= 11 is 0. The van der Waals surface area contributed by atoms with Gasteiger partial charge in [-0.05, 0) is 18.6 Å². The second kappa shape index (κ2) is 6.13. The highest BCUT2D eigenvalue weighted by Gasteiger charge is 2.17. The first-order valence-corrected chi connectivity index (χ1v) is 6.41. The largest absolute Gasteiger partial charge is 0.480 e. The first kappa shape index (κ1) is 13.3. The Kier molecular flexibility index (Phi) is 4.28. The van der Waals surface area contributed by atoms with Crippen LogP contribution in [-0.2, 0) is 4.79 Å². The molecule has 2 N–H and O–H groups in total. The zero-order valence-corrected chi connectivity index (χ0v) is 10.8. The molecule has 0 unspecified atom stereocenters. The van der Waals surface area contributed by atoms with E-state index in [4.69, 9.17) is 0 Å². The fraction of sp³-hybridized carbons (Fsp3) is 0.357. The zero-order valence-electron chi connectivity index (χ0n) is 10.8. The molecule has 0 fully saturated rings. The summed E-state index contributed by atoms with van der Waals surface area (Å²) in [5.74, 6) is -0.273. The van der Waals surface area contributed by atoms with Crippen molar-refractivity contribution < 1.29 is 9.90 Å². The highest BCUT2D eigenvalue weighted by atomic mass is 16.4. The predicted octanol–water partition coefficient (Wildman–Crippen LogP) is 2.69. The number of nitrogens with zero attached hydrogens (tertiary/aromatic N) is 2. The summed E-state index contributed by atoms with van der Waals surface area (Å²) in [7, 11) is 0. The molecular formula is C14H17N3O2. The minimum absolute atomic E-state index is 0.578. The van der Waals surface area contributed by atoms with Crippen LogP contribution in [0.15, 0.2) is 30.6 Å². The van der Waals surface area contributed by atoms with Gasteiger partial charge in [0, 0.05) is 5.39 Å². The number of carboxylic acids is 1. The summed E-state index contributed by atoms with van der Waals surface area (Å²) in [6.07, 6.45) is 3.87. The van der Waals surface area contributed by atoms with Gasteiger partial charge in [-0.15, -0.1) is 0 Å². The lowest BCUT2D eigenvalue weighted by atomic mass is 10.1. The van der Waals surface area contributed by atoms with Crippen LogP contribution in [0.2, 0.25) is 0 Å². The molecule has 0 aliphatic heterocycles. The first-order chi connectivity index (χ1) is 9.22. The van der Waals surface area contributed by atoms with Crippen molar-refractivity contribution in [3.63, 3.8) is 0 Å². The Bertz CT molecular complexity index is 566. The van der Waals surface area contributed by atoms with Gasteiger partial charge >= 0.3 is 5.97 Å². The topological polar surface area (TPSA) is 75.1 Å². The molecule has 100 valence electrons. The van der Waals surface area contributed by atoms with Crippen molar-refractivity contribution in [3.8, 4) is 0 Å². The normalized spacial score (nSPS) is 12.3. The van der Waals surface area contributed by atoms with Crippen LogP contribution < -0.4 is 5.32 Å². The maximum atomic E-state index is 11.2. The fourth-order valence-corrected chi connectivity index (χ4v) is 1.95. The van der Waals surface area contributed by atoms with Crippen LogP contribution >= 0.6 is 0 Å². The lowest BCUT2D eigenvalue weighted by Crippen LogP contribution is -2.29. The van der Waals surface area contributed by atoms with Gasteiger partial charge in [-0.2, -0.15) is 0 Å². The molecule has 1 atom stereocenters. The van der Waals surface area contributed by atoms with E-state index in [0.29, 0.717) is 12.2 Å². The van der Waals surface area contributed by atoms with E-state index >= 15 is 0 Å². The van der Waals surface area contributed by atoms with Gasteiger partial charge in [0.1, 0.15) is 18.2 Å². The van der Waals surface area contributed by atoms with Gasteiger partial charge in [0.2, 0.25) is 0 Å². The van der Waals surface area contributed by atoms with Crippen LogP contribution in [0.5, 0.6) is 0 Å². The SMILES string of the molecule is CCCC[C@H](Nc1ncnc2ccccc12)C(=O)O. The summed E-state index contributed by atoms with van der Waals surface area (Å²) in [6, 6.07) is 6.93. The van der Waals surface area contributed by atoms with Gasteiger partial charge in [0.25, 0.3) is 0 Å². The standard InChI is InChI=1S/C14H17N3O2/c1-2-3-7-12(14(18)19)17-13-10-6-4-5-8-11(10)15-9-16-13/h4-6,8-9,12H,2-3,7H2,1H3,(H,18,19)(H,15,16,17)/t12-/m0/s1. The third-order valence-electron chi connectivity index (χ3n) is 3.00. The average molecular weight is 259 g/mol. The highest BCUT2D eigenvalue weighted by Crippen LogP contribution is 2.20. The molecule has 0 radical (unpaired) electrons. The number of nitrogens with one attached hydrogen (secondary N) is 1. The highest BCUT2D eigenvalue weighted by molar-refractivity contribution is 5.90. The zero-order chi connectivity index (χ0) is 13.7. The van der Waals surface area contributed by atoms with Crippen molar-refractivity contribution >= 4 is 22.7 Å². The number of hydrogen-bond donors (Lipinski definition) is 2. The Hall–Kier alpha value is -2.17. The Labute approximate surface area is 111 Å². The van der Waals surface area contributed by atoms with Gasteiger partial charge < -0.3 is 10.4 Å². The second-order valence-electron chi connectivity index (χ2n) is 4.42. The minimum atomic E-state index is -0.851. The summed E-state index contributed by atoms with van der Waals surface area (Å²) < 4.78 is 0. The van der Waals surface area contributed by atoms with E-state index in [1.165, 1.54) is 6.33 Å². The number of carboxylic acid groups (broad SMARTS) is 1. The molecule has 2 aromatic rings. The van der Waals surface area contributed by atoms with E-state index in [-0.39, 0.29) is 0 Å². The number of fused-ring (bicyclic) bond motifs is 1. The van der Waals surface area contributed by atoms with Crippen LogP contribution in [0.1, 0.15) is 26.2 Å². The van der Waals surface area contributed by atoms with E-state index in [1.807, 2.05) is 31.2 Å². The molecule has 5 heteroatoms. The van der Waals surface area contributed by atoms with Crippen LogP contribution in [0.3, 0.4) is 0 Å². The summed E-state index contributed by atoms with van der Waals surface area (Å²) in [4.78, 5) is 19.5. The van der Waals surface area contributed by atoms with E-state index in [1.54, 1.807) is 0 Å². The molecule has 0 amide bonds. The average Bonchev–Trinajstić information content (AvgIpc) is 2.43. The monoisotopic (exact) mass is 259 g/mol. The Morgan fingerprint density at radius 1 is 1.37 bits per heavy atom.